The van der Waals surface area contributed by atoms with Gasteiger partial charge in [-0.1, -0.05) is 6.07 Å². The molecule has 2 aromatic heterocycles. The predicted octanol–water partition coefficient (Wildman–Crippen LogP) is 2.75. The number of rotatable bonds is 4. The summed E-state index contributed by atoms with van der Waals surface area (Å²) < 4.78 is 46.7. The van der Waals surface area contributed by atoms with Crippen LogP contribution in [-0.4, -0.2) is 38.9 Å². The number of alkyl halides is 3. The third-order valence-corrected chi connectivity index (χ3v) is 3.79. The van der Waals surface area contributed by atoms with E-state index in [0.29, 0.717) is 21.7 Å². The maximum Gasteiger partial charge on any atom is 0.434 e. The molecule has 0 saturated carbocycles. The minimum absolute atomic E-state index is 0.0161. The Balaban J connectivity index is 2.37. The van der Waals surface area contributed by atoms with E-state index in [1.165, 1.54) is 31.5 Å². The third-order valence-electron chi connectivity index (χ3n) is 3.79. The van der Waals surface area contributed by atoms with Crippen LogP contribution in [-0.2, 0) is 15.8 Å². The van der Waals surface area contributed by atoms with Crippen LogP contribution < -0.4 is 4.74 Å². The van der Waals surface area contributed by atoms with E-state index in [1.807, 2.05) is 0 Å². The molecule has 0 radical (unpaired) electrons. The lowest BCUT2D eigenvalue weighted by Crippen LogP contribution is -2.17. The van der Waals surface area contributed by atoms with Crippen LogP contribution in [0, 0.1) is 0 Å². The number of fused-ring (bicyclic) bond motifs is 1. The molecule has 3 rings (SSSR count). The normalized spacial score (nSPS) is 11.3. The zero-order valence-corrected chi connectivity index (χ0v) is 13.6. The van der Waals surface area contributed by atoms with Gasteiger partial charge >= 0.3 is 12.1 Å². The van der Waals surface area contributed by atoms with Gasteiger partial charge in [0.2, 0.25) is 5.88 Å². The number of hydrogen-bond donors (Lipinski definition) is 1. The van der Waals surface area contributed by atoms with Crippen molar-refractivity contribution in [1.82, 2.24) is 14.8 Å². The molecule has 0 unspecified atom stereocenters. The molecule has 0 spiro atoms. The number of benzene rings is 1. The molecule has 0 aliphatic heterocycles. The minimum atomic E-state index is -4.98. The van der Waals surface area contributed by atoms with Crippen LogP contribution >= 0.6 is 0 Å². The van der Waals surface area contributed by atoms with Crippen LogP contribution in [0.2, 0.25) is 0 Å². The number of aliphatic carboxylic acids is 1. The number of nitrogens with zero attached hydrogens (tertiary/aromatic N) is 3. The average Bonchev–Trinajstić information content (AvgIpc) is 3.05. The van der Waals surface area contributed by atoms with Crippen molar-refractivity contribution in [3.05, 3.63) is 47.9 Å². The fourth-order valence-corrected chi connectivity index (χ4v) is 2.71. The topological polar surface area (TPSA) is 94.3 Å². The van der Waals surface area contributed by atoms with E-state index in [9.17, 15) is 22.8 Å². The summed E-state index contributed by atoms with van der Waals surface area (Å²) >= 11 is 0. The zero-order chi connectivity index (χ0) is 19.8. The van der Waals surface area contributed by atoms with Crippen LogP contribution in [0.4, 0.5) is 13.2 Å². The average molecular weight is 377 g/mol. The molecule has 1 aromatic carbocycles. The molecule has 0 bridgehead atoms. The zero-order valence-electron chi connectivity index (χ0n) is 13.6. The second kappa shape index (κ2) is 6.58. The monoisotopic (exact) mass is 377 g/mol. The van der Waals surface area contributed by atoms with Crippen molar-refractivity contribution in [3.63, 3.8) is 0 Å². The first-order chi connectivity index (χ1) is 12.8. The van der Waals surface area contributed by atoms with Gasteiger partial charge in [0, 0.05) is 17.0 Å². The van der Waals surface area contributed by atoms with Crippen LogP contribution in [0.1, 0.15) is 11.3 Å². The summed E-state index contributed by atoms with van der Waals surface area (Å²) in [5.41, 5.74) is -3.41. The van der Waals surface area contributed by atoms with Gasteiger partial charge in [-0.05, 0) is 18.2 Å². The molecule has 0 fully saturated rings. The summed E-state index contributed by atoms with van der Waals surface area (Å²) in [4.78, 5) is 26.0. The van der Waals surface area contributed by atoms with Crippen LogP contribution in [0.25, 0.3) is 22.0 Å². The molecule has 3 aromatic rings. The maximum absolute atomic E-state index is 13.7. The summed E-state index contributed by atoms with van der Waals surface area (Å²) in [5, 5.41) is 13.5. The van der Waals surface area contributed by atoms with E-state index in [4.69, 9.17) is 9.84 Å². The van der Waals surface area contributed by atoms with Gasteiger partial charge in [-0.3, -0.25) is 0 Å². The Kier molecular flexibility index (Phi) is 4.42. The molecule has 7 nitrogen and oxygen atoms in total. The van der Waals surface area contributed by atoms with Gasteiger partial charge in [0.15, 0.2) is 11.3 Å². The highest BCUT2D eigenvalue weighted by Gasteiger charge is 2.41. The van der Waals surface area contributed by atoms with Gasteiger partial charge in [-0.2, -0.15) is 18.3 Å². The Hall–Kier alpha value is -3.65. The summed E-state index contributed by atoms with van der Waals surface area (Å²) in [5.74, 6) is -0.597. The highest BCUT2D eigenvalue weighted by atomic mass is 19.4. The molecular weight excluding hydrogens is 367 g/mol. The van der Waals surface area contributed by atoms with Gasteiger partial charge < -0.3 is 9.84 Å². The number of carbonyl (C=O) groups excluding carboxylic acids is 1. The smallest absolute Gasteiger partial charge is 0.434 e. The lowest BCUT2D eigenvalue weighted by atomic mass is 10.1. The molecule has 1 N–H and O–H groups in total. The van der Waals surface area contributed by atoms with Crippen molar-refractivity contribution in [2.24, 2.45) is 0 Å². The molecule has 0 aliphatic rings. The number of methoxy groups -OCH3 is 1. The number of halogens is 3. The number of hydrogen-bond acceptors (Lipinski definition) is 5. The van der Waals surface area contributed by atoms with Crippen molar-refractivity contribution in [3.8, 4) is 11.6 Å². The first kappa shape index (κ1) is 18.2. The Labute approximate surface area is 149 Å². The molecule has 2 heterocycles. The Morgan fingerprint density at radius 2 is 2.00 bits per heavy atom. The fraction of sp³-hybridized carbons (Fsp3) is 0.118. The first-order valence-corrected chi connectivity index (χ1v) is 7.35. The summed E-state index contributed by atoms with van der Waals surface area (Å²) in [6.45, 7) is 0. The van der Waals surface area contributed by atoms with Gasteiger partial charge in [-0.25, -0.2) is 19.3 Å². The minimum Gasteiger partial charge on any atom is -0.481 e. The second-order valence-corrected chi connectivity index (χ2v) is 5.29. The van der Waals surface area contributed by atoms with E-state index < -0.39 is 29.0 Å². The van der Waals surface area contributed by atoms with Crippen molar-refractivity contribution in [2.75, 3.05) is 7.11 Å². The number of aromatic nitrogens is 3. The predicted molar refractivity (Wildman–Crippen MR) is 87.2 cm³/mol. The van der Waals surface area contributed by atoms with Gasteiger partial charge in [0.25, 0.3) is 0 Å². The SMILES string of the molecule is COc1nccc2c(-n3ncc(C(=C=O)C(=O)O)c3C(F)(F)F)cccc12. The van der Waals surface area contributed by atoms with E-state index in [1.54, 1.807) is 6.07 Å². The quantitative estimate of drug-likeness (QED) is 0.555. The molecule has 0 atom stereocenters. The van der Waals surface area contributed by atoms with E-state index in [0.717, 1.165) is 5.94 Å². The van der Waals surface area contributed by atoms with Crippen LogP contribution in [0.3, 0.4) is 0 Å². The Bertz CT molecular complexity index is 1100. The third kappa shape index (κ3) is 3.02. The summed E-state index contributed by atoms with van der Waals surface area (Å²) in [6.07, 6.45) is -2.95. The van der Waals surface area contributed by atoms with Crippen molar-refractivity contribution in [2.45, 2.75) is 6.18 Å². The van der Waals surface area contributed by atoms with E-state index in [2.05, 4.69) is 10.1 Å². The molecule has 0 aliphatic carbocycles. The largest absolute Gasteiger partial charge is 0.481 e. The Morgan fingerprint density at radius 3 is 2.59 bits per heavy atom. The standard InChI is InChI=1S/C17H10F3N3O4/c1-27-15-10-3-2-4-13(9(10)5-6-21-15)23-14(17(18,19)20)11(7-22-23)12(8-24)16(25)26/h2-7H,1H3,(H,25,26). The molecular formula is C17H10F3N3O4. The number of pyridine rings is 1. The fourth-order valence-electron chi connectivity index (χ4n) is 2.71. The highest BCUT2D eigenvalue weighted by Crippen LogP contribution is 2.38. The highest BCUT2D eigenvalue weighted by molar-refractivity contribution is 6.24. The number of carboxylic acids is 1. The van der Waals surface area contributed by atoms with Crippen molar-refractivity contribution >= 4 is 28.3 Å². The maximum atomic E-state index is 13.7. The molecule has 0 saturated heterocycles. The summed E-state index contributed by atoms with van der Waals surface area (Å²) in [6, 6.07) is 5.94. The van der Waals surface area contributed by atoms with Crippen molar-refractivity contribution in [1.29, 1.82) is 0 Å². The van der Waals surface area contributed by atoms with Crippen LogP contribution in [0.15, 0.2) is 36.7 Å². The second-order valence-electron chi connectivity index (χ2n) is 5.29. The van der Waals surface area contributed by atoms with Crippen molar-refractivity contribution < 1.29 is 32.6 Å². The molecule has 10 heteroatoms. The molecule has 0 amide bonds. The van der Waals surface area contributed by atoms with Gasteiger partial charge in [-0.15, -0.1) is 0 Å². The van der Waals surface area contributed by atoms with Gasteiger partial charge in [0.05, 0.1) is 24.6 Å². The number of carbonyl (C=O) groups is 1. The van der Waals surface area contributed by atoms with E-state index in [-0.39, 0.29) is 11.6 Å². The lowest BCUT2D eigenvalue weighted by Gasteiger charge is -2.14. The van der Waals surface area contributed by atoms with E-state index >= 15 is 0 Å². The number of carboxylic acid groups (broad SMARTS) is 1. The Morgan fingerprint density at radius 1 is 1.26 bits per heavy atom. The lowest BCUT2D eigenvalue weighted by molar-refractivity contribution is -0.143. The number of ether oxygens (including phenoxy) is 1. The molecule has 138 valence electrons. The molecule has 27 heavy (non-hydrogen) atoms. The summed E-state index contributed by atoms with van der Waals surface area (Å²) in [7, 11) is 1.37. The van der Waals surface area contributed by atoms with Crippen LogP contribution in [0.5, 0.6) is 5.88 Å². The first-order valence-electron chi connectivity index (χ1n) is 7.35. The van der Waals surface area contributed by atoms with Gasteiger partial charge in [0.1, 0.15) is 5.94 Å².